The van der Waals surface area contributed by atoms with Crippen molar-refractivity contribution < 1.29 is 9.32 Å². The number of carbonyl (C=O) groups is 1. The number of nitrogens with zero attached hydrogens (tertiary/aromatic N) is 5. The minimum absolute atomic E-state index is 0.161. The van der Waals surface area contributed by atoms with Gasteiger partial charge in [0.1, 0.15) is 0 Å². The normalized spacial score (nSPS) is 10.9. The molecule has 0 aliphatic carbocycles. The van der Waals surface area contributed by atoms with Crippen LogP contribution in [0.25, 0.3) is 23.1 Å². The first-order chi connectivity index (χ1) is 14.5. The number of benzene rings is 2. The predicted octanol–water partition coefficient (Wildman–Crippen LogP) is 4.22. The van der Waals surface area contributed by atoms with Crippen molar-refractivity contribution in [2.75, 3.05) is 11.1 Å². The zero-order chi connectivity index (χ0) is 21.1. The van der Waals surface area contributed by atoms with Gasteiger partial charge in [-0.15, -0.1) is 10.2 Å². The predicted molar refractivity (Wildman–Crippen MR) is 115 cm³/mol. The number of nitrogens with one attached hydrogen (secondary N) is 1. The van der Waals surface area contributed by atoms with Gasteiger partial charge in [0.15, 0.2) is 5.16 Å². The highest BCUT2D eigenvalue weighted by atomic mass is 35.5. The maximum atomic E-state index is 12.2. The maximum absolute atomic E-state index is 12.2. The van der Waals surface area contributed by atoms with Crippen LogP contribution in [0.3, 0.4) is 0 Å². The molecule has 152 valence electrons. The van der Waals surface area contributed by atoms with Gasteiger partial charge in [0, 0.05) is 23.3 Å². The van der Waals surface area contributed by atoms with Gasteiger partial charge >= 0.3 is 0 Å². The van der Waals surface area contributed by atoms with Crippen LogP contribution in [0.4, 0.5) is 5.69 Å². The molecule has 1 amide bonds. The lowest BCUT2D eigenvalue weighted by Gasteiger charge is -2.05. The molecule has 4 rings (SSSR count). The van der Waals surface area contributed by atoms with E-state index < -0.39 is 0 Å². The van der Waals surface area contributed by atoms with E-state index in [-0.39, 0.29) is 17.6 Å². The summed E-state index contributed by atoms with van der Waals surface area (Å²) in [4.78, 5) is 16.6. The molecule has 0 fully saturated rings. The zero-order valence-electron chi connectivity index (χ0n) is 16.2. The third-order valence-electron chi connectivity index (χ3n) is 4.22. The first kappa shape index (κ1) is 20.1. The quantitative estimate of drug-likeness (QED) is 0.448. The summed E-state index contributed by atoms with van der Waals surface area (Å²) in [5.74, 6) is 1.18. The molecule has 2 heterocycles. The molecule has 8 nitrogen and oxygen atoms in total. The molecule has 2 aromatic heterocycles. The van der Waals surface area contributed by atoms with Crippen LogP contribution in [0.5, 0.6) is 0 Å². The fraction of sp³-hybridized carbons (Fsp3) is 0.150. The summed E-state index contributed by atoms with van der Waals surface area (Å²) in [6, 6.07) is 14.7. The fourth-order valence-electron chi connectivity index (χ4n) is 2.62. The van der Waals surface area contributed by atoms with Crippen molar-refractivity contribution in [1.29, 1.82) is 0 Å². The van der Waals surface area contributed by atoms with Gasteiger partial charge in [-0.05, 0) is 31.2 Å². The maximum Gasteiger partial charge on any atom is 0.296 e. The Bertz CT molecular complexity index is 1170. The number of halogens is 1. The number of hydrogen-bond donors (Lipinski definition) is 1. The second kappa shape index (κ2) is 8.68. The van der Waals surface area contributed by atoms with Gasteiger partial charge in [-0.25, -0.2) is 0 Å². The summed E-state index contributed by atoms with van der Waals surface area (Å²) in [5, 5.41) is 16.3. The van der Waals surface area contributed by atoms with E-state index in [2.05, 4.69) is 25.7 Å². The fourth-order valence-corrected chi connectivity index (χ4v) is 3.46. The van der Waals surface area contributed by atoms with E-state index in [0.29, 0.717) is 27.5 Å². The van der Waals surface area contributed by atoms with Gasteiger partial charge in [-0.1, -0.05) is 58.3 Å². The Morgan fingerprint density at radius 2 is 1.87 bits per heavy atom. The number of rotatable bonds is 6. The highest BCUT2D eigenvalue weighted by Gasteiger charge is 2.19. The van der Waals surface area contributed by atoms with Gasteiger partial charge in [-0.3, -0.25) is 4.79 Å². The van der Waals surface area contributed by atoms with E-state index >= 15 is 0 Å². The van der Waals surface area contributed by atoms with Crippen LogP contribution in [-0.2, 0) is 11.8 Å². The monoisotopic (exact) mass is 440 g/mol. The highest BCUT2D eigenvalue weighted by molar-refractivity contribution is 7.99. The Balaban J connectivity index is 1.42. The Labute approximate surface area is 181 Å². The number of hydrogen-bond acceptors (Lipinski definition) is 7. The van der Waals surface area contributed by atoms with Crippen molar-refractivity contribution in [3.63, 3.8) is 0 Å². The lowest BCUT2D eigenvalue weighted by Crippen LogP contribution is -2.14. The molecule has 0 bridgehead atoms. The van der Waals surface area contributed by atoms with Crippen molar-refractivity contribution in [2.24, 2.45) is 7.05 Å². The van der Waals surface area contributed by atoms with E-state index in [9.17, 15) is 4.79 Å². The molecular weight excluding hydrogens is 424 g/mol. The van der Waals surface area contributed by atoms with Gasteiger partial charge in [0.05, 0.1) is 5.75 Å². The Morgan fingerprint density at radius 1 is 1.13 bits per heavy atom. The van der Waals surface area contributed by atoms with Gasteiger partial charge in [0.2, 0.25) is 17.6 Å². The largest absolute Gasteiger partial charge is 0.330 e. The molecule has 0 aliphatic heterocycles. The summed E-state index contributed by atoms with van der Waals surface area (Å²) in [6.07, 6.45) is 0. The van der Waals surface area contributed by atoms with Crippen LogP contribution >= 0.6 is 23.4 Å². The number of anilines is 1. The number of amides is 1. The molecule has 0 radical (unpaired) electrons. The van der Waals surface area contributed by atoms with E-state index in [0.717, 1.165) is 11.1 Å². The SMILES string of the molecule is Cc1ccc(-c2noc(-c3nnc(SCC(=O)Nc4ccc(Cl)cc4)n3C)n2)cc1. The molecule has 10 heteroatoms. The summed E-state index contributed by atoms with van der Waals surface area (Å²) >= 11 is 7.11. The molecule has 0 aliphatic rings. The molecule has 1 N–H and O–H groups in total. The van der Waals surface area contributed by atoms with E-state index in [1.165, 1.54) is 11.8 Å². The van der Waals surface area contributed by atoms with Crippen molar-refractivity contribution in [3.05, 3.63) is 59.1 Å². The standard InChI is InChI=1S/C20H17ClN6O2S/c1-12-3-5-13(6-4-12)17-23-19(29-26-17)18-24-25-20(27(18)2)30-11-16(28)22-15-9-7-14(21)8-10-15/h3-10H,11H2,1-2H3,(H,22,28). The minimum atomic E-state index is -0.161. The first-order valence-corrected chi connectivity index (χ1v) is 10.3. The first-order valence-electron chi connectivity index (χ1n) is 8.98. The van der Waals surface area contributed by atoms with Crippen LogP contribution in [-0.4, -0.2) is 36.6 Å². The van der Waals surface area contributed by atoms with Crippen LogP contribution in [0, 0.1) is 6.92 Å². The van der Waals surface area contributed by atoms with Gasteiger partial charge < -0.3 is 14.4 Å². The topological polar surface area (TPSA) is 98.7 Å². The van der Waals surface area contributed by atoms with Crippen molar-refractivity contribution >= 4 is 35.0 Å². The molecule has 30 heavy (non-hydrogen) atoms. The summed E-state index contributed by atoms with van der Waals surface area (Å²) in [7, 11) is 1.78. The van der Waals surface area contributed by atoms with Crippen molar-refractivity contribution in [2.45, 2.75) is 12.1 Å². The lowest BCUT2D eigenvalue weighted by atomic mass is 10.1. The van der Waals surface area contributed by atoms with Crippen LogP contribution in [0.1, 0.15) is 5.56 Å². The molecular formula is C20H17ClN6O2S. The van der Waals surface area contributed by atoms with Gasteiger partial charge in [0.25, 0.3) is 5.89 Å². The van der Waals surface area contributed by atoms with E-state index in [1.54, 1.807) is 35.9 Å². The Hall–Kier alpha value is -3.17. The number of aromatic nitrogens is 5. The molecule has 4 aromatic rings. The number of carbonyl (C=O) groups excluding carboxylic acids is 1. The number of thioether (sulfide) groups is 1. The van der Waals surface area contributed by atoms with E-state index in [1.807, 2.05) is 31.2 Å². The van der Waals surface area contributed by atoms with Crippen LogP contribution in [0.15, 0.2) is 58.2 Å². The van der Waals surface area contributed by atoms with Crippen molar-refractivity contribution in [3.8, 4) is 23.1 Å². The van der Waals surface area contributed by atoms with Crippen LogP contribution < -0.4 is 5.32 Å². The highest BCUT2D eigenvalue weighted by Crippen LogP contribution is 2.24. The average molecular weight is 441 g/mol. The van der Waals surface area contributed by atoms with Crippen molar-refractivity contribution in [1.82, 2.24) is 24.9 Å². The lowest BCUT2D eigenvalue weighted by molar-refractivity contribution is -0.113. The third-order valence-corrected chi connectivity index (χ3v) is 5.49. The number of aryl methyl sites for hydroxylation is 1. The molecule has 0 saturated heterocycles. The minimum Gasteiger partial charge on any atom is -0.330 e. The Kier molecular flexibility index (Phi) is 5.82. The second-order valence-corrected chi connectivity index (χ2v) is 7.88. The van der Waals surface area contributed by atoms with E-state index in [4.69, 9.17) is 16.1 Å². The molecule has 0 saturated carbocycles. The third kappa shape index (κ3) is 4.52. The second-order valence-electron chi connectivity index (χ2n) is 6.50. The zero-order valence-corrected chi connectivity index (χ0v) is 17.7. The smallest absolute Gasteiger partial charge is 0.296 e. The van der Waals surface area contributed by atoms with Crippen LogP contribution in [0.2, 0.25) is 5.02 Å². The molecule has 0 spiro atoms. The molecule has 2 aromatic carbocycles. The Morgan fingerprint density at radius 3 is 2.60 bits per heavy atom. The van der Waals surface area contributed by atoms with Gasteiger partial charge in [-0.2, -0.15) is 4.98 Å². The molecule has 0 unspecified atom stereocenters. The summed E-state index contributed by atoms with van der Waals surface area (Å²) in [6.45, 7) is 2.01. The molecule has 0 atom stereocenters. The average Bonchev–Trinajstić information content (AvgIpc) is 3.35. The summed E-state index contributed by atoms with van der Waals surface area (Å²) < 4.78 is 7.07. The summed E-state index contributed by atoms with van der Waals surface area (Å²) in [5.41, 5.74) is 2.68.